The number of hydrogen-bond acceptors (Lipinski definition) is 4. The van der Waals surface area contributed by atoms with E-state index < -0.39 is 0 Å². The smallest absolute Gasteiger partial charge is 0.323 e. The zero-order valence-corrected chi connectivity index (χ0v) is 11.1. The summed E-state index contributed by atoms with van der Waals surface area (Å²) >= 11 is 3.37. The Kier molecular flexibility index (Phi) is 4.02. The molecule has 0 bridgehead atoms. The van der Waals surface area contributed by atoms with Crippen LogP contribution >= 0.6 is 15.9 Å². The molecule has 5 heteroatoms. The van der Waals surface area contributed by atoms with Crippen molar-refractivity contribution in [2.45, 2.75) is 18.6 Å². The highest BCUT2D eigenvalue weighted by molar-refractivity contribution is 9.10. The molecular formula is C12H14BrNO3. The molecule has 17 heavy (non-hydrogen) atoms. The second-order valence-corrected chi connectivity index (χ2v) is 4.83. The highest BCUT2D eigenvalue weighted by atomic mass is 79.9. The maximum Gasteiger partial charge on any atom is 0.323 e. The van der Waals surface area contributed by atoms with E-state index in [0.717, 1.165) is 10.2 Å². The molecule has 1 saturated heterocycles. The van der Waals surface area contributed by atoms with Crippen molar-refractivity contribution in [3.63, 3.8) is 0 Å². The first-order chi connectivity index (χ1) is 8.19. The van der Waals surface area contributed by atoms with Crippen molar-refractivity contribution in [3.05, 3.63) is 28.7 Å². The first-order valence-corrected chi connectivity index (χ1v) is 6.22. The van der Waals surface area contributed by atoms with Gasteiger partial charge in [-0.15, -0.1) is 0 Å². The van der Waals surface area contributed by atoms with Crippen LogP contribution in [0, 0.1) is 0 Å². The molecule has 1 aromatic rings. The molecule has 1 fully saturated rings. The summed E-state index contributed by atoms with van der Waals surface area (Å²) < 4.78 is 11.5. The number of ether oxygens (including phenoxy) is 2. The maximum atomic E-state index is 11.3. The number of methoxy groups -OCH3 is 1. The van der Waals surface area contributed by atoms with Gasteiger partial charge in [0.25, 0.3) is 0 Å². The highest BCUT2D eigenvalue weighted by Crippen LogP contribution is 2.20. The van der Waals surface area contributed by atoms with Crippen LogP contribution in [0.2, 0.25) is 0 Å². The average Bonchev–Trinajstić information content (AvgIpc) is 2.80. The Morgan fingerprint density at radius 3 is 2.76 bits per heavy atom. The van der Waals surface area contributed by atoms with Crippen LogP contribution in [0.25, 0.3) is 0 Å². The Morgan fingerprint density at radius 2 is 2.12 bits per heavy atom. The first-order valence-electron chi connectivity index (χ1n) is 5.42. The van der Waals surface area contributed by atoms with Crippen molar-refractivity contribution in [2.75, 3.05) is 13.7 Å². The van der Waals surface area contributed by atoms with Crippen molar-refractivity contribution in [1.29, 1.82) is 0 Å². The van der Waals surface area contributed by atoms with E-state index in [0.29, 0.717) is 13.0 Å². The van der Waals surface area contributed by atoms with Crippen molar-refractivity contribution < 1.29 is 14.3 Å². The van der Waals surface area contributed by atoms with Crippen molar-refractivity contribution >= 4 is 21.9 Å². The van der Waals surface area contributed by atoms with E-state index in [2.05, 4.69) is 26.0 Å². The summed E-state index contributed by atoms with van der Waals surface area (Å²) in [6.45, 7) is 0.663. The Morgan fingerprint density at radius 1 is 1.41 bits per heavy atom. The second-order valence-electron chi connectivity index (χ2n) is 3.91. The third-order valence-corrected chi connectivity index (χ3v) is 3.22. The molecule has 0 amide bonds. The predicted molar refractivity (Wildman–Crippen MR) is 67.0 cm³/mol. The number of carbonyl (C=O) groups excluding carboxylic acids is 1. The largest absolute Gasteiger partial charge is 0.489 e. The Bertz CT molecular complexity index is 393. The number of rotatable bonds is 3. The van der Waals surface area contributed by atoms with Gasteiger partial charge in [0.05, 0.1) is 7.11 Å². The molecule has 0 saturated carbocycles. The molecule has 0 spiro atoms. The molecule has 0 aliphatic carbocycles. The lowest BCUT2D eigenvalue weighted by molar-refractivity contribution is -0.142. The van der Waals surface area contributed by atoms with Gasteiger partial charge in [-0.05, 0) is 24.3 Å². The summed E-state index contributed by atoms with van der Waals surface area (Å²) in [6, 6.07) is 7.40. The molecule has 1 aromatic carbocycles. The molecule has 2 rings (SSSR count). The Hall–Kier alpha value is -1.07. The third-order valence-electron chi connectivity index (χ3n) is 2.69. The molecule has 1 aliphatic rings. The van der Waals surface area contributed by atoms with Gasteiger partial charge in [0, 0.05) is 17.4 Å². The van der Waals surface area contributed by atoms with Gasteiger partial charge < -0.3 is 14.8 Å². The topological polar surface area (TPSA) is 47.6 Å². The van der Waals surface area contributed by atoms with Gasteiger partial charge in [-0.3, -0.25) is 4.79 Å². The monoisotopic (exact) mass is 299 g/mol. The number of carbonyl (C=O) groups is 1. The van der Waals surface area contributed by atoms with Gasteiger partial charge in [-0.1, -0.05) is 15.9 Å². The predicted octanol–water partition coefficient (Wildman–Crippen LogP) is 1.73. The van der Waals surface area contributed by atoms with E-state index in [1.165, 1.54) is 7.11 Å². The zero-order chi connectivity index (χ0) is 12.3. The van der Waals surface area contributed by atoms with Crippen LogP contribution in [0.4, 0.5) is 0 Å². The summed E-state index contributed by atoms with van der Waals surface area (Å²) in [5, 5.41) is 3.08. The normalized spacial score (nSPS) is 23.4. The fraction of sp³-hybridized carbons (Fsp3) is 0.417. The van der Waals surface area contributed by atoms with E-state index in [1.54, 1.807) is 0 Å². The minimum Gasteiger partial charge on any atom is -0.489 e. The number of halogens is 1. The fourth-order valence-corrected chi connectivity index (χ4v) is 2.08. The van der Waals surface area contributed by atoms with Gasteiger partial charge in [0.1, 0.15) is 17.9 Å². The lowest BCUT2D eigenvalue weighted by atomic mass is 10.2. The van der Waals surface area contributed by atoms with Gasteiger partial charge >= 0.3 is 5.97 Å². The first kappa shape index (κ1) is 12.4. The van der Waals surface area contributed by atoms with Crippen molar-refractivity contribution in [2.24, 2.45) is 0 Å². The van der Waals surface area contributed by atoms with Crippen LogP contribution in [0.5, 0.6) is 5.75 Å². The maximum absolute atomic E-state index is 11.3. The molecule has 0 radical (unpaired) electrons. The molecule has 92 valence electrons. The van der Waals surface area contributed by atoms with Crippen molar-refractivity contribution in [3.8, 4) is 5.75 Å². The van der Waals surface area contributed by atoms with Gasteiger partial charge in [0.15, 0.2) is 0 Å². The van der Waals surface area contributed by atoms with Crippen LogP contribution in [-0.2, 0) is 9.53 Å². The summed E-state index contributed by atoms with van der Waals surface area (Å²) in [5.74, 6) is 0.581. The quantitative estimate of drug-likeness (QED) is 0.864. The van der Waals surface area contributed by atoms with Gasteiger partial charge in [0.2, 0.25) is 0 Å². The van der Waals surface area contributed by atoms with Gasteiger partial charge in [-0.25, -0.2) is 0 Å². The molecular weight excluding hydrogens is 286 g/mol. The summed E-state index contributed by atoms with van der Waals surface area (Å²) in [4.78, 5) is 11.3. The molecule has 1 heterocycles. The molecule has 1 N–H and O–H groups in total. The van der Waals surface area contributed by atoms with Crippen LogP contribution in [0.1, 0.15) is 6.42 Å². The lowest BCUT2D eigenvalue weighted by Gasteiger charge is -2.12. The Labute approximate surface area is 108 Å². The number of benzene rings is 1. The van der Waals surface area contributed by atoms with E-state index in [9.17, 15) is 4.79 Å². The van der Waals surface area contributed by atoms with Crippen LogP contribution in [0.3, 0.4) is 0 Å². The lowest BCUT2D eigenvalue weighted by Crippen LogP contribution is -2.31. The van der Waals surface area contributed by atoms with E-state index in [1.807, 2.05) is 24.3 Å². The zero-order valence-electron chi connectivity index (χ0n) is 9.48. The van der Waals surface area contributed by atoms with Gasteiger partial charge in [-0.2, -0.15) is 0 Å². The minimum atomic E-state index is -0.250. The standard InChI is InChI=1S/C12H14BrNO3/c1-16-12(15)11-6-10(7-14-11)17-9-4-2-8(13)3-5-9/h2-5,10-11,14H,6-7H2,1H3/t10-,11+/m1/s1. The fourth-order valence-electron chi connectivity index (χ4n) is 1.82. The molecule has 0 aromatic heterocycles. The Balaban J connectivity index is 1.89. The van der Waals surface area contributed by atoms with E-state index in [-0.39, 0.29) is 18.1 Å². The number of nitrogens with one attached hydrogen (secondary N) is 1. The number of esters is 1. The van der Waals surface area contributed by atoms with Crippen LogP contribution in [-0.4, -0.2) is 31.8 Å². The summed E-state index contributed by atoms with van der Waals surface area (Å²) in [5.41, 5.74) is 0. The van der Waals surface area contributed by atoms with Crippen LogP contribution < -0.4 is 10.1 Å². The third kappa shape index (κ3) is 3.20. The van der Waals surface area contributed by atoms with E-state index in [4.69, 9.17) is 4.74 Å². The molecule has 4 nitrogen and oxygen atoms in total. The second kappa shape index (κ2) is 5.51. The average molecular weight is 300 g/mol. The van der Waals surface area contributed by atoms with E-state index >= 15 is 0 Å². The molecule has 1 aliphatic heterocycles. The van der Waals surface area contributed by atoms with Crippen LogP contribution in [0.15, 0.2) is 28.7 Å². The summed E-state index contributed by atoms with van der Waals surface area (Å²) in [7, 11) is 1.40. The minimum absolute atomic E-state index is 0.0141. The summed E-state index contributed by atoms with van der Waals surface area (Å²) in [6.07, 6.45) is 0.656. The number of hydrogen-bond donors (Lipinski definition) is 1. The highest BCUT2D eigenvalue weighted by Gasteiger charge is 2.31. The molecule has 0 unspecified atom stereocenters. The molecule has 2 atom stereocenters. The SMILES string of the molecule is COC(=O)[C@@H]1C[C@@H](Oc2ccc(Br)cc2)CN1. The van der Waals surface area contributed by atoms with Crippen molar-refractivity contribution in [1.82, 2.24) is 5.32 Å².